The van der Waals surface area contributed by atoms with E-state index in [1.165, 1.54) is 30.9 Å². The predicted molar refractivity (Wildman–Crippen MR) is 85.9 cm³/mol. The summed E-state index contributed by atoms with van der Waals surface area (Å²) < 4.78 is 1.14. The summed E-state index contributed by atoms with van der Waals surface area (Å²) in [6, 6.07) is 5.52. The minimum Gasteiger partial charge on any atom is -0.423 e. The molecule has 1 aromatic carbocycles. The van der Waals surface area contributed by atoms with Crippen LogP contribution in [0.2, 0.25) is 0 Å². The third kappa shape index (κ3) is 2.40. The molecule has 4 nitrogen and oxygen atoms in total. The first-order valence-electron chi connectivity index (χ1n) is 7.55. The molecule has 0 bridgehead atoms. The third-order valence-corrected chi connectivity index (χ3v) is 6.21. The Labute approximate surface area is 128 Å². The fourth-order valence-corrected chi connectivity index (χ4v) is 5.11. The van der Waals surface area contributed by atoms with E-state index in [2.05, 4.69) is 11.9 Å². The minimum absolute atomic E-state index is 0.518. The molecule has 2 aromatic rings. The van der Waals surface area contributed by atoms with Gasteiger partial charge in [0.05, 0.1) is 15.2 Å². The van der Waals surface area contributed by atoms with Crippen molar-refractivity contribution in [3.8, 4) is 0 Å². The third-order valence-electron chi connectivity index (χ3n) is 5.01. The van der Waals surface area contributed by atoms with Crippen LogP contribution in [0.25, 0.3) is 10.2 Å². The number of nitrogens with zero attached hydrogens (tertiary/aromatic N) is 2. The summed E-state index contributed by atoms with van der Waals surface area (Å²) in [6.07, 6.45) is 2.51. The van der Waals surface area contributed by atoms with E-state index in [1.807, 2.05) is 6.07 Å². The van der Waals surface area contributed by atoms with Crippen LogP contribution in [0, 0.1) is 11.8 Å². The average Bonchev–Trinajstić information content (AvgIpc) is 3.08. The van der Waals surface area contributed by atoms with Crippen molar-refractivity contribution in [1.82, 2.24) is 9.88 Å². The van der Waals surface area contributed by atoms with Gasteiger partial charge in [0, 0.05) is 19.0 Å². The topological polar surface area (TPSA) is 56.6 Å². The van der Waals surface area contributed by atoms with Gasteiger partial charge in [-0.15, -0.1) is 11.3 Å². The maximum absolute atomic E-state index is 9.26. The van der Waals surface area contributed by atoms with Gasteiger partial charge < -0.3 is 14.9 Å². The fraction of sp³-hybridized carbons (Fsp3) is 0.533. The van der Waals surface area contributed by atoms with Gasteiger partial charge in [0.2, 0.25) is 0 Å². The van der Waals surface area contributed by atoms with Gasteiger partial charge in [0.1, 0.15) is 0 Å². The van der Waals surface area contributed by atoms with E-state index in [0.717, 1.165) is 22.1 Å². The van der Waals surface area contributed by atoms with Crippen molar-refractivity contribution in [2.75, 3.05) is 20.1 Å². The molecule has 2 heterocycles. The summed E-state index contributed by atoms with van der Waals surface area (Å²) in [5, 5.41) is 19.8. The lowest BCUT2D eigenvalue weighted by molar-refractivity contribution is 0.371. The highest BCUT2D eigenvalue weighted by Crippen LogP contribution is 2.47. The van der Waals surface area contributed by atoms with Crippen LogP contribution in [0.15, 0.2) is 18.2 Å². The zero-order valence-electron chi connectivity index (χ0n) is 12.1. The van der Waals surface area contributed by atoms with Gasteiger partial charge in [-0.25, -0.2) is 4.98 Å². The standard InChI is InChI=1S/C15H19BN2O2S/c1-18-7-10-4-9(5-11(10)8-18)15-17-13-6-12(16(19)20)2-3-14(13)21-15/h2-3,6,9-11,19-20H,4-5,7-8H2,1H3/t9-,10+,11-. The Morgan fingerprint density at radius 2 is 1.95 bits per heavy atom. The van der Waals surface area contributed by atoms with Crippen molar-refractivity contribution in [2.24, 2.45) is 11.8 Å². The van der Waals surface area contributed by atoms with Crippen molar-refractivity contribution in [3.63, 3.8) is 0 Å². The summed E-state index contributed by atoms with van der Waals surface area (Å²) in [4.78, 5) is 7.21. The SMILES string of the molecule is CN1C[C@H]2C[C@H](c3nc4cc(B(O)O)ccc4s3)C[C@H]2C1. The molecule has 3 atom stereocenters. The number of hydrogen-bond acceptors (Lipinski definition) is 5. The highest BCUT2D eigenvalue weighted by Gasteiger charge is 2.41. The van der Waals surface area contributed by atoms with Crippen molar-refractivity contribution < 1.29 is 10.0 Å². The second-order valence-corrected chi connectivity index (χ2v) is 7.62. The Kier molecular flexibility index (Phi) is 3.30. The van der Waals surface area contributed by atoms with Gasteiger partial charge in [-0.1, -0.05) is 6.07 Å². The molecule has 6 heteroatoms. The van der Waals surface area contributed by atoms with Crippen LogP contribution in [0.5, 0.6) is 0 Å². The van der Waals surface area contributed by atoms with Crippen LogP contribution in [-0.2, 0) is 0 Å². The van der Waals surface area contributed by atoms with E-state index >= 15 is 0 Å². The molecule has 4 rings (SSSR count). The number of thiazole rings is 1. The normalized spacial score (nSPS) is 29.2. The monoisotopic (exact) mass is 302 g/mol. The number of rotatable bonds is 2. The van der Waals surface area contributed by atoms with E-state index in [1.54, 1.807) is 23.5 Å². The van der Waals surface area contributed by atoms with Gasteiger partial charge in [-0.05, 0) is 49.3 Å². The summed E-state index contributed by atoms with van der Waals surface area (Å²) in [5.74, 6) is 2.26. The predicted octanol–water partition coefficient (Wildman–Crippen LogP) is 1.03. The van der Waals surface area contributed by atoms with Crippen molar-refractivity contribution in [1.29, 1.82) is 0 Å². The van der Waals surface area contributed by atoms with E-state index in [9.17, 15) is 10.0 Å². The highest BCUT2D eigenvalue weighted by atomic mass is 32.1. The lowest BCUT2D eigenvalue weighted by Gasteiger charge is -2.12. The second kappa shape index (κ2) is 5.05. The zero-order chi connectivity index (χ0) is 14.6. The highest BCUT2D eigenvalue weighted by molar-refractivity contribution is 7.18. The molecule has 2 N–H and O–H groups in total. The van der Waals surface area contributed by atoms with Crippen LogP contribution >= 0.6 is 11.3 Å². The smallest absolute Gasteiger partial charge is 0.423 e. The molecule has 1 aliphatic carbocycles. The average molecular weight is 302 g/mol. The summed E-state index contributed by atoms with van der Waals surface area (Å²) in [7, 11) is 0.799. The van der Waals surface area contributed by atoms with Crippen LogP contribution in [0.4, 0.5) is 0 Å². The van der Waals surface area contributed by atoms with Gasteiger partial charge in [-0.3, -0.25) is 0 Å². The molecular weight excluding hydrogens is 283 g/mol. The van der Waals surface area contributed by atoms with Gasteiger partial charge >= 0.3 is 7.12 Å². The maximum atomic E-state index is 9.26. The largest absolute Gasteiger partial charge is 0.488 e. The first-order valence-corrected chi connectivity index (χ1v) is 8.37. The molecule has 0 spiro atoms. The molecule has 0 radical (unpaired) electrons. The molecule has 2 fully saturated rings. The van der Waals surface area contributed by atoms with Crippen molar-refractivity contribution in [3.05, 3.63) is 23.2 Å². The van der Waals surface area contributed by atoms with Crippen LogP contribution < -0.4 is 5.46 Å². The van der Waals surface area contributed by atoms with Crippen LogP contribution in [-0.4, -0.2) is 47.2 Å². The Balaban J connectivity index is 1.60. The van der Waals surface area contributed by atoms with Crippen molar-refractivity contribution in [2.45, 2.75) is 18.8 Å². The van der Waals surface area contributed by atoms with Gasteiger partial charge in [0.15, 0.2) is 0 Å². The van der Waals surface area contributed by atoms with Gasteiger partial charge in [-0.2, -0.15) is 0 Å². The van der Waals surface area contributed by atoms with E-state index in [0.29, 0.717) is 11.4 Å². The molecule has 1 saturated heterocycles. The van der Waals surface area contributed by atoms with Crippen LogP contribution in [0.1, 0.15) is 23.8 Å². The lowest BCUT2D eigenvalue weighted by atomic mass is 9.80. The maximum Gasteiger partial charge on any atom is 0.488 e. The van der Waals surface area contributed by atoms with E-state index in [-0.39, 0.29) is 0 Å². The molecule has 1 aromatic heterocycles. The Morgan fingerprint density at radius 3 is 2.62 bits per heavy atom. The van der Waals surface area contributed by atoms with Gasteiger partial charge in [0.25, 0.3) is 0 Å². The van der Waals surface area contributed by atoms with Crippen molar-refractivity contribution >= 4 is 34.1 Å². The van der Waals surface area contributed by atoms with E-state index in [4.69, 9.17) is 4.98 Å². The molecule has 2 aliphatic rings. The number of benzene rings is 1. The molecule has 0 unspecified atom stereocenters. The minimum atomic E-state index is -1.42. The summed E-state index contributed by atoms with van der Waals surface area (Å²) in [5.41, 5.74) is 1.42. The first-order chi connectivity index (χ1) is 10.1. The first kappa shape index (κ1) is 13.7. The summed E-state index contributed by atoms with van der Waals surface area (Å²) >= 11 is 1.77. The number of aromatic nitrogens is 1. The molecule has 21 heavy (non-hydrogen) atoms. The molecular formula is C15H19BN2O2S. The number of fused-ring (bicyclic) bond motifs is 2. The fourth-order valence-electron chi connectivity index (χ4n) is 4.03. The zero-order valence-corrected chi connectivity index (χ0v) is 12.9. The number of hydrogen-bond donors (Lipinski definition) is 2. The lowest BCUT2D eigenvalue weighted by Crippen LogP contribution is -2.29. The Bertz CT molecular complexity index is 661. The molecule has 1 aliphatic heterocycles. The Hall–Kier alpha value is -0.945. The molecule has 0 amide bonds. The molecule has 1 saturated carbocycles. The Morgan fingerprint density at radius 1 is 1.24 bits per heavy atom. The van der Waals surface area contributed by atoms with E-state index < -0.39 is 7.12 Å². The molecule has 110 valence electrons. The van der Waals surface area contributed by atoms with Crippen LogP contribution in [0.3, 0.4) is 0 Å². The second-order valence-electron chi connectivity index (χ2n) is 6.56. The summed E-state index contributed by atoms with van der Waals surface area (Å²) in [6.45, 7) is 2.46. The quantitative estimate of drug-likeness (QED) is 0.814. The number of likely N-dealkylation sites (tertiary alicyclic amines) is 1.